The number of likely N-dealkylation sites (N-methyl/N-ethyl adjacent to an activating group) is 10. The molecule has 0 aliphatic carbocycles. The molecule has 2 atom stereocenters. The Morgan fingerprint density at radius 1 is 0.415 bits per heavy atom. The van der Waals surface area contributed by atoms with Gasteiger partial charge >= 0.3 is 5.97 Å². The van der Waals surface area contributed by atoms with Gasteiger partial charge in [0.15, 0.2) is 5.78 Å². The molecule has 468 valence electrons. The molecule has 0 bridgehead atoms. The average Bonchev–Trinajstić information content (AvgIpc) is 3.37. The van der Waals surface area contributed by atoms with Gasteiger partial charge in [0.1, 0.15) is 12.4 Å². The first-order chi connectivity index (χ1) is 37.3. The van der Waals surface area contributed by atoms with Gasteiger partial charge in [0, 0.05) is 106 Å². The first-order valence-corrected chi connectivity index (χ1v) is 28.8. The van der Waals surface area contributed by atoms with Crippen molar-refractivity contribution in [3.63, 3.8) is 0 Å². The molecule has 0 saturated heterocycles. The lowest BCUT2D eigenvalue weighted by atomic mass is 10.0. The molecule has 0 spiro atoms. The van der Waals surface area contributed by atoms with Crippen molar-refractivity contribution in [1.29, 1.82) is 0 Å². The number of hydrogen-bond donors (Lipinski definition) is 1. The van der Waals surface area contributed by atoms with Crippen molar-refractivity contribution in [3.05, 3.63) is 0 Å². The van der Waals surface area contributed by atoms with Crippen LogP contribution in [-0.4, -0.2) is 290 Å². The van der Waals surface area contributed by atoms with Crippen LogP contribution in [0.4, 0.5) is 0 Å². The molecular formula is C54H95N11O15S2. The van der Waals surface area contributed by atoms with E-state index in [2.05, 4.69) is 5.32 Å². The van der Waals surface area contributed by atoms with E-state index in [-0.39, 0.29) is 78.6 Å². The highest BCUT2D eigenvalue weighted by Gasteiger charge is 2.28. The molecule has 0 aliphatic heterocycles. The number of rotatable bonds is 36. The van der Waals surface area contributed by atoms with E-state index in [1.807, 2.05) is 20.8 Å². The van der Waals surface area contributed by atoms with Crippen molar-refractivity contribution in [3.8, 4) is 0 Å². The Morgan fingerprint density at radius 2 is 0.707 bits per heavy atom. The van der Waals surface area contributed by atoms with Crippen molar-refractivity contribution in [2.24, 2.45) is 11.8 Å². The second-order valence-corrected chi connectivity index (χ2v) is 25.1. The van der Waals surface area contributed by atoms with E-state index in [0.29, 0.717) is 25.9 Å². The summed E-state index contributed by atoms with van der Waals surface area (Å²) in [5.41, 5.74) is 0. The van der Waals surface area contributed by atoms with Crippen molar-refractivity contribution < 1.29 is 71.9 Å². The van der Waals surface area contributed by atoms with Gasteiger partial charge in [-0.25, -0.2) is 0 Å². The van der Waals surface area contributed by atoms with Crippen LogP contribution in [-0.2, 0) is 71.9 Å². The predicted octanol–water partition coefficient (Wildman–Crippen LogP) is 0.204. The normalized spacial score (nSPS) is 11.7. The van der Waals surface area contributed by atoms with Gasteiger partial charge in [0.2, 0.25) is 65.0 Å². The Bertz CT molecular complexity index is 2250. The number of ketones is 2. The number of hydrogen-bond acceptors (Lipinski definition) is 17. The number of carbonyl (C=O) groups excluding carboxylic acids is 14. The molecule has 0 aliphatic rings. The van der Waals surface area contributed by atoms with Crippen molar-refractivity contribution in [1.82, 2.24) is 54.3 Å². The van der Waals surface area contributed by atoms with E-state index in [9.17, 15) is 67.1 Å². The Labute approximate surface area is 493 Å². The second-order valence-electron chi connectivity index (χ2n) is 21.8. The van der Waals surface area contributed by atoms with Crippen molar-refractivity contribution >= 4 is 104 Å². The van der Waals surface area contributed by atoms with Crippen LogP contribution in [0, 0.1) is 11.8 Å². The molecule has 26 nitrogen and oxygen atoms in total. The molecule has 11 amide bonds. The highest BCUT2D eigenvalue weighted by atomic mass is 33.1. The van der Waals surface area contributed by atoms with Crippen LogP contribution in [0.15, 0.2) is 0 Å². The van der Waals surface area contributed by atoms with E-state index in [0.717, 1.165) is 44.1 Å². The molecule has 0 saturated carbocycles. The number of nitrogens with zero attached hydrogens (tertiary/aromatic N) is 10. The largest absolute Gasteiger partial charge is 0.464 e. The topological polar surface area (TPSA) is 293 Å². The fraction of sp³-hybridized carbons (Fsp3) is 0.741. The number of esters is 1. The van der Waals surface area contributed by atoms with Gasteiger partial charge in [-0.3, -0.25) is 67.1 Å². The third-order valence-electron chi connectivity index (χ3n) is 12.6. The molecule has 0 aromatic carbocycles. The van der Waals surface area contributed by atoms with Gasteiger partial charge in [-0.05, 0) is 40.5 Å². The average molecular weight is 1200 g/mol. The van der Waals surface area contributed by atoms with E-state index < -0.39 is 117 Å². The molecular weight excluding hydrogens is 1110 g/mol. The summed E-state index contributed by atoms with van der Waals surface area (Å²) < 4.78 is 5.09. The summed E-state index contributed by atoms with van der Waals surface area (Å²) >= 11 is 0. The summed E-state index contributed by atoms with van der Waals surface area (Å²) in [6, 6.07) is -0.740. The minimum absolute atomic E-state index is 0. The summed E-state index contributed by atoms with van der Waals surface area (Å²) in [4.78, 5) is 189. The predicted molar refractivity (Wildman–Crippen MR) is 313 cm³/mol. The zero-order valence-electron chi connectivity index (χ0n) is 51.0. The van der Waals surface area contributed by atoms with E-state index >= 15 is 0 Å². The van der Waals surface area contributed by atoms with Gasteiger partial charge in [0.25, 0.3) is 0 Å². The lowest BCUT2D eigenvalue weighted by molar-refractivity contribution is -0.147. The SMILES string of the molecule is C.CC(COC(=O)C(C)C)SSC(C)(C)CCC(=O)CCCC(=O)N(C)CC(=O)N(C)CC(=O)N(C)CC(=O)N(C)CC(=O)N(C)CC(=O)N(C)CC(=O)N(C)CC(=O)N(C)CC(=O)N(C)CC(=O)N(C)CC(=O)N[C@@H](C)C(=O)C(C)C. The van der Waals surface area contributed by atoms with E-state index in [4.69, 9.17) is 4.74 Å². The Morgan fingerprint density at radius 3 is 1.00 bits per heavy atom. The van der Waals surface area contributed by atoms with Crippen molar-refractivity contribution in [2.75, 3.05) is 143 Å². The smallest absolute Gasteiger partial charge is 0.308 e. The molecule has 0 fully saturated rings. The Hall–Kier alpha value is -6.32. The first-order valence-electron chi connectivity index (χ1n) is 26.6. The van der Waals surface area contributed by atoms with Crippen LogP contribution in [0.5, 0.6) is 0 Å². The molecule has 28 heteroatoms. The third-order valence-corrected chi connectivity index (χ3v) is 16.4. The maximum atomic E-state index is 13.0. The third kappa shape index (κ3) is 30.7. The lowest BCUT2D eigenvalue weighted by Crippen LogP contribution is -2.49. The van der Waals surface area contributed by atoms with Crippen LogP contribution >= 0.6 is 21.6 Å². The van der Waals surface area contributed by atoms with Crippen LogP contribution in [0.25, 0.3) is 0 Å². The first kappa shape index (κ1) is 77.7. The van der Waals surface area contributed by atoms with Gasteiger partial charge in [-0.2, -0.15) is 0 Å². The molecule has 0 radical (unpaired) electrons. The minimum atomic E-state index is -0.740. The van der Waals surface area contributed by atoms with Crippen LogP contribution < -0.4 is 5.32 Å². The number of carbonyl (C=O) groups is 14. The number of ether oxygens (including phenoxy) is 1. The number of amides is 11. The number of nitrogens with one attached hydrogen (secondary N) is 1. The minimum Gasteiger partial charge on any atom is -0.464 e. The van der Waals surface area contributed by atoms with Crippen molar-refractivity contribution in [2.45, 2.75) is 111 Å². The van der Waals surface area contributed by atoms with Gasteiger partial charge < -0.3 is 59.1 Å². The van der Waals surface area contributed by atoms with Gasteiger partial charge in [0.05, 0.1) is 77.4 Å². The molecule has 82 heavy (non-hydrogen) atoms. The molecule has 0 heterocycles. The fourth-order valence-electron chi connectivity index (χ4n) is 6.71. The van der Waals surface area contributed by atoms with Gasteiger partial charge in [-0.1, -0.05) is 56.7 Å². The summed E-state index contributed by atoms with van der Waals surface area (Å²) in [5, 5.41) is 2.62. The maximum Gasteiger partial charge on any atom is 0.308 e. The fourth-order valence-corrected chi connectivity index (χ4v) is 9.13. The monoisotopic (exact) mass is 1200 g/mol. The number of Topliss-reactive ketones (excluding diaryl/α,β-unsaturated/α-hetero) is 2. The Kier molecular flexibility index (Phi) is 35.8. The Balaban J connectivity index is 0. The molecule has 0 rings (SSSR count). The second kappa shape index (κ2) is 37.7. The maximum absolute atomic E-state index is 13.0. The van der Waals surface area contributed by atoms with Crippen LogP contribution in [0.2, 0.25) is 0 Å². The molecule has 0 aromatic heterocycles. The highest BCUT2D eigenvalue weighted by Crippen LogP contribution is 2.41. The highest BCUT2D eigenvalue weighted by molar-refractivity contribution is 8.77. The van der Waals surface area contributed by atoms with E-state index in [1.165, 1.54) is 75.4 Å². The van der Waals surface area contributed by atoms with Crippen LogP contribution in [0.3, 0.4) is 0 Å². The van der Waals surface area contributed by atoms with E-state index in [1.54, 1.807) is 56.2 Å². The zero-order chi connectivity index (χ0) is 62.8. The zero-order valence-corrected chi connectivity index (χ0v) is 52.7. The lowest BCUT2D eigenvalue weighted by Gasteiger charge is -2.27. The summed E-state index contributed by atoms with van der Waals surface area (Å²) in [5.74, 6) is -7.28. The molecule has 1 unspecified atom stereocenters. The quantitative estimate of drug-likeness (QED) is 0.0648. The summed E-state index contributed by atoms with van der Waals surface area (Å²) in [6.07, 6.45) is 1.52. The van der Waals surface area contributed by atoms with Crippen LogP contribution in [0.1, 0.15) is 94.9 Å². The van der Waals surface area contributed by atoms with Gasteiger partial charge in [-0.15, -0.1) is 0 Å². The molecule has 1 N–H and O–H groups in total. The summed E-state index contributed by atoms with van der Waals surface area (Å²) in [6.45, 7) is 10.6. The standard InChI is InChI=1S/C53H91N11O15S2.CH4/c1-35(2)51(77)38(6)54-40(66)24-55(9)42(68)26-57(11)44(70)28-59(13)46(72)30-61(15)48(74)32-63(17)50(76)33-64(18)49(75)31-62(16)47(73)29-60(14)45(71)27-58(12)43(69)25-56(10)41(67)21-19-20-39(65)22-23-53(7,8)81-80-37(5)34-79-52(78)36(3)4;/h35-38H,19-34H2,1-18H3,(H,54,66);1H4/t37?,38-;/m0./s1. The summed E-state index contributed by atoms with van der Waals surface area (Å²) in [7, 11) is 16.7. The molecule has 0 aromatic rings.